The molecule has 1 aromatic heterocycles. The minimum absolute atomic E-state index is 0.175. The van der Waals surface area contributed by atoms with Crippen LogP contribution in [-0.4, -0.2) is 29.2 Å². The highest BCUT2D eigenvalue weighted by atomic mass is 16.5. The monoisotopic (exact) mass is 450 g/mol. The average molecular weight is 450 g/mol. The average Bonchev–Trinajstić information content (AvgIpc) is 2.77. The number of hydrogen-bond donors (Lipinski definition) is 3. The van der Waals surface area contributed by atoms with Crippen LogP contribution in [0.5, 0.6) is 11.5 Å². The highest BCUT2D eigenvalue weighted by Gasteiger charge is 2.11. The molecule has 0 spiro atoms. The second-order valence-electron chi connectivity index (χ2n) is 7.61. The Bertz CT molecular complexity index is 1310. The van der Waals surface area contributed by atoms with Crippen molar-refractivity contribution in [2.45, 2.75) is 33.8 Å². The molecule has 0 unspecified atom stereocenters. The molecule has 1 heterocycles. The Morgan fingerprint density at radius 2 is 1.85 bits per heavy atom. The highest BCUT2D eigenvalue weighted by Crippen LogP contribution is 2.28. The second kappa shape index (κ2) is 10.4. The van der Waals surface area contributed by atoms with Crippen molar-refractivity contribution < 1.29 is 14.3 Å². The number of hydrogen-bond acceptors (Lipinski definition) is 6. The summed E-state index contributed by atoms with van der Waals surface area (Å²) in [5, 5.41) is 3.93. The first-order chi connectivity index (χ1) is 15.8. The summed E-state index contributed by atoms with van der Waals surface area (Å²) in [6.07, 6.45) is 1.24. The Hall–Kier alpha value is -4.14. The smallest absolute Gasteiger partial charge is 0.325 e. The van der Waals surface area contributed by atoms with E-state index in [1.54, 1.807) is 32.2 Å². The van der Waals surface area contributed by atoms with Crippen LogP contribution in [0.25, 0.3) is 0 Å². The van der Waals surface area contributed by atoms with E-state index in [4.69, 9.17) is 9.47 Å². The number of benzene rings is 2. The Labute approximate surface area is 190 Å². The summed E-state index contributed by atoms with van der Waals surface area (Å²) in [7, 11) is 1.55. The van der Waals surface area contributed by atoms with Gasteiger partial charge >= 0.3 is 5.69 Å². The van der Waals surface area contributed by atoms with Crippen molar-refractivity contribution in [3.05, 3.63) is 90.7 Å². The van der Waals surface area contributed by atoms with E-state index in [9.17, 15) is 14.4 Å². The minimum Gasteiger partial charge on any atom is -0.493 e. The van der Waals surface area contributed by atoms with Gasteiger partial charge in [0.2, 0.25) is 5.91 Å². The van der Waals surface area contributed by atoms with Gasteiger partial charge in [-0.25, -0.2) is 10.2 Å². The van der Waals surface area contributed by atoms with E-state index in [2.05, 4.69) is 38.7 Å². The molecule has 0 aliphatic heterocycles. The first-order valence-corrected chi connectivity index (χ1v) is 10.3. The number of nitrogens with zero attached hydrogens (tertiary/aromatic N) is 1. The predicted molar refractivity (Wildman–Crippen MR) is 125 cm³/mol. The number of H-pyrrole nitrogens is 2. The quantitative estimate of drug-likeness (QED) is 0.359. The van der Waals surface area contributed by atoms with Crippen molar-refractivity contribution in [1.82, 2.24) is 15.4 Å². The van der Waals surface area contributed by atoms with Gasteiger partial charge in [-0.15, -0.1) is 0 Å². The van der Waals surface area contributed by atoms with Crippen LogP contribution in [-0.2, 0) is 17.8 Å². The molecule has 0 saturated carbocycles. The molecule has 33 heavy (non-hydrogen) atoms. The molecule has 3 aromatic rings. The fourth-order valence-corrected chi connectivity index (χ4v) is 3.21. The number of nitrogens with one attached hydrogen (secondary N) is 3. The number of aromatic nitrogens is 2. The fraction of sp³-hybridized carbons (Fsp3) is 0.250. The topological polar surface area (TPSA) is 126 Å². The normalized spacial score (nSPS) is 10.9. The summed E-state index contributed by atoms with van der Waals surface area (Å²) >= 11 is 0. The van der Waals surface area contributed by atoms with Crippen molar-refractivity contribution in [2.24, 2.45) is 5.10 Å². The molecule has 9 heteroatoms. The summed E-state index contributed by atoms with van der Waals surface area (Å²) < 4.78 is 11.4. The molecule has 1 amide bonds. The third-order valence-electron chi connectivity index (χ3n) is 5.07. The molecule has 0 radical (unpaired) electrons. The maximum atomic E-state index is 12.1. The van der Waals surface area contributed by atoms with Gasteiger partial charge in [0.25, 0.3) is 5.56 Å². The molecule has 3 N–H and O–H groups in total. The van der Waals surface area contributed by atoms with E-state index < -0.39 is 17.2 Å². The standard InChI is InChI=1S/C24H26N4O5/c1-14-5-6-15(2)18(9-14)13-33-20-8-7-17(10-21(20)32-4)12-25-28-22(29)11-19-16(3)26-24(31)27-23(19)30/h5-10,12H,11,13H2,1-4H3,(H,28,29)(H2,26,27,30,31)/b25-12-. The van der Waals surface area contributed by atoms with Crippen LogP contribution in [0.15, 0.2) is 51.1 Å². The van der Waals surface area contributed by atoms with Gasteiger partial charge in [-0.05, 0) is 55.7 Å². The molecule has 0 atom stereocenters. The maximum absolute atomic E-state index is 12.1. The largest absolute Gasteiger partial charge is 0.493 e. The van der Waals surface area contributed by atoms with Gasteiger partial charge in [-0.1, -0.05) is 23.8 Å². The molecular formula is C24H26N4O5. The Morgan fingerprint density at radius 3 is 2.58 bits per heavy atom. The fourth-order valence-electron chi connectivity index (χ4n) is 3.21. The zero-order valence-corrected chi connectivity index (χ0v) is 18.9. The molecule has 0 aliphatic carbocycles. The second-order valence-corrected chi connectivity index (χ2v) is 7.61. The van der Waals surface area contributed by atoms with E-state index >= 15 is 0 Å². The van der Waals surface area contributed by atoms with E-state index in [-0.39, 0.29) is 12.0 Å². The lowest BCUT2D eigenvalue weighted by molar-refractivity contribution is -0.120. The van der Waals surface area contributed by atoms with E-state index in [0.29, 0.717) is 29.4 Å². The predicted octanol–water partition coefficient (Wildman–Crippen LogP) is 2.27. The summed E-state index contributed by atoms with van der Waals surface area (Å²) in [6, 6.07) is 11.5. The van der Waals surface area contributed by atoms with E-state index in [0.717, 1.165) is 11.1 Å². The Kier molecular flexibility index (Phi) is 7.45. The third kappa shape index (κ3) is 6.19. The van der Waals surface area contributed by atoms with Crippen molar-refractivity contribution in [3.63, 3.8) is 0 Å². The van der Waals surface area contributed by atoms with Crippen LogP contribution in [0.2, 0.25) is 0 Å². The number of carbonyl (C=O) groups excluding carboxylic acids is 1. The lowest BCUT2D eigenvalue weighted by Gasteiger charge is -2.13. The molecular weight excluding hydrogens is 424 g/mol. The number of aryl methyl sites for hydroxylation is 3. The van der Waals surface area contributed by atoms with Gasteiger partial charge in [-0.2, -0.15) is 5.10 Å². The van der Waals surface area contributed by atoms with Crippen LogP contribution in [0.3, 0.4) is 0 Å². The molecule has 0 fully saturated rings. The number of hydrazone groups is 1. The molecule has 3 rings (SSSR count). The zero-order chi connectivity index (χ0) is 24.0. The number of amides is 1. The first-order valence-electron chi connectivity index (χ1n) is 10.3. The van der Waals surface area contributed by atoms with Gasteiger partial charge in [0.1, 0.15) is 6.61 Å². The van der Waals surface area contributed by atoms with Crippen LogP contribution >= 0.6 is 0 Å². The minimum atomic E-state index is -0.616. The first kappa shape index (κ1) is 23.5. The van der Waals surface area contributed by atoms with Crippen molar-refractivity contribution in [2.75, 3.05) is 7.11 Å². The molecule has 172 valence electrons. The summed E-state index contributed by atoms with van der Waals surface area (Å²) in [5.74, 6) is 0.630. The molecule has 0 saturated heterocycles. The van der Waals surface area contributed by atoms with E-state index in [1.165, 1.54) is 11.8 Å². The van der Waals surface area contributed by atoms with Gasteiger partial charge in [-0.3, -0.25) is 14.6 Å². The van der Waals surface area contributed by atoms with Crippen LogP contribution in [0.4, 0.5) is 0 Å². The van der Waals surface area contributed by atoms with Crippen LogP contribution in [0.1, 0.15) is 33.5 Å². The summed E-state index contributed by atoms with van der Waals surface area (Å²) in [5.41, 5.74) is 5.77. The highest BCUT2D eigenvalue weighted by molar-refractivity contribution is 5.84. The lowest BCUT2D eigenvalue weighted by atomic mass is 10.1. The lowest BCUT2D eigenvalue weighted by Crippen LogP contribution is -2.30. The SMILES string of the molecule is COc1cc(/C=N\NC(=O)Cc2c(C)[nH]c(=O)[nH]c2=O)ccc1OCc1cc(C)ccc1C. The number of rotatable bonds is 8. The Morgan fingerprint density at radius 1 is 1.06 bits per heavy atom. The molecule has 0 aliphatic rings. The molecule has 2 aromatic carbocycles. The number of carbonyl (C=O) groups is 1. The van der Waals surface area contributed by atoms with Crippen molar-refractivity contribution >= 4 is 12.1 Å². The summed E-state index contributed by atoms with van der Waals surface area (Å²) in [4.78, 5) is 39.8. The van der Waals surface area contributed by atoms with Crippen molar-refractivity contribution in [3.8, 4) is 11.5 Å². The molecule has 0 bridgehead atoms. The zero-order valence-electron chi connectivity index (χ0n) is 18.9. The van der Waals surface area contributed by atoms with Crippen LogP contribution < -0.4 is 26.1 Å². The third-order valence-corrected chi connectivity index (χ3v) is 5.07. The number of ether oxygens (including phenoxy) is 2. The molecule has 9 nitrogen and oxygen atoms in total. The summed E-state index contributed by atoms with van der Waals surface area (Å²) in [6.45, 7) is 6.05. The Balaban J connectivity index is 1.63. The van der Waals surface area contributed by atoms with E-state index in [1.807, 2.05) is 13.8 Å². The number of aromatic amines is 2. The van der Waals surface area contributed by atoms with Crippen LogP contribution in [0, 0.1) is 20.8 Å². The van der Waals surface area contributed by atoms with Crippen molar-refractivity contribution in [1.29, 1.82) is 0 Å². The number of methoxy groups -OCH3 is 1. The van der Waals surface area contributed by atoms with Gasteiger partial charge < -0.3 is 14.5 Å². The maximum Gasteiger partial charge on any atom is 0.325 e. The van der Waals surface area contributed by atoms with Gasteiger partial charge in [0, 0.05) is 11.3 Å². The van der Waals surface area contributed by atoms with Gasteiger partial charge in [0.15, 0.2) is 11.5 Å². The van der Waals surface area contributed by atoms with Gasteiger partial charge in [0.05, 0.1) is 19.7 Å².